The molecule has 5 nitrogen and oxygen atoms in total. The maximum Gasteiger partial charge on any atom is 0.264 e. The zero-order valence-corrected chi connectivity index (χ0v) is 17.8. The highest BCUT2D eigenvalue weighted by Crippen LogP contribution is 2.30. The van der Waals surface area contributed by atoms with Crippen LogP contribution in [0.5, 0.6) is 0 Å². The number of hydrogen-bond donors (Lipinski definition) is 1. The molecule has 3 aromatic rings. The molecule has 3 aromatic carbocycles. The van der Waals surface area contributed by atoms with Crippen LogP contribution in [0.1, 0.15) is 5.56 Å². The molecule has 8 heteroatoms. The van der Waals surface area contributed by atoms with Gasteiger partial charge in [0.25, 0.3) is 10.0 Å². The van der Waals surface area contributed by atoms with Gasteiger partial charge < -0.3 is 5.32 Å². The van der Waals surface area contributed by atoms with Crippen LogP contribution >= 0.6 is 23.2 Å². The largest absolute Gasteiger partial charge is 0.324 e. The van der Waals surface area contributed by atoms with Gasteiger partial charge in [0.15, 0.2) is 0 Å². The van der Waals surface area contributed by atoms with Crippen LogP contribution in [0.3, 0.4) is 0 Å². The molecule has 3 rings (SSSR count). The van der Waals surface area contributed by atoms with Crippen LogP contribution in [0.2, 0.25) is 10.0 Å². The normalized spacial score (nSPS) is 11.1. The Morgan fingerprint density at radius 2 is 1.59 bits per heavy atom. The number of para-hydroxylation sites is 1. The Morgan fingerprint density at radius 3 is 2.24 bits per heavy atom. The van der Waals surface area contributed by atoms with E-state index in [1.165, 1.54) is 30.3 Å². The zero-order chi connectivity index (χ0) is 21.0. The number of halogens is 2. The van der Waals surface area contributed by atoms with Crippen LogP contribution < -0.4 is 9.62 Å². The van der Waals surface area contributed by atoms with E-state index in [2.05, 4.69) is 5.32 Å². The lowest BCUT2D eigenvalue weighted by atomic mass is 10.2. The van der Waals surface area contributed by atoms with Gasteiger partial charge >= 0.3 is 0 Å². The molecular weight excluding hydrogens is 431 g/mol. The van der Waals surface area contributed by atoms with Crippen molar-refractivity contribution in [1.82, 2.24) is 0 Å². The molecular formula is C21H18Cl2N2O3S. The maximum absolute atomic E-state index is 13.3. The van der Waals surface area contributed by atoms with Crippen molar-refractivity contribution in [3.8, 4) is 0 Å². The van der Waals surface area contributed by atoms with E-state index in [1.807, 2.05) is 19.1 Å². The molecule has 0 radical (unpaired) electrons. The first-order valence-electron chi connectivity index (χ1n) is 8.67. The highest BCUT2D eigenvalue weighted by atomic mass is 35.5. The number of amides is 1. The molecule has 0 aliphatic carbocycles. The summed E-state index contributed by atoms with van der Waals surface area (Å²) in [5.41, 5.74) is 1.72. The first-order valence-corrected chi connectivity index (χ1v) is 10.9. The number of rotatable bonds is 6. The van der Waals surface area contributed by atoms with Gasteiger partial charge in [-0.2, -0.15) is 0 Å². The second-order valence-electron chi connectivity index (χ2n) is 6.29. The summed E-state index contributed by atoms with van der Waals surface area (Å²) in [6, 6.07) is 19.6. The average Bonchev–Trinajstić information content (AvgIpc) is 2.71. The van der Waals surface area contributed by atoms with Crippen molar-refractivity contribution in [2.45, 2.75) is 11.8 Å². The van der Waals surface area contributed by atoms with E-state index >= 15 is 0 Å². The summed E-state index contributed by atoms with van der Waals surface area (Å²) < 4.78 is 27.5. The molecule has 0 saturated heterocycles. The van der Waals surface area contributed by atoms with E-state index in [1.54, 1.807) is 30.3 Å². The van der Waals surface area contributed by atoms with E-state index in [0.717, 1.165) is 9.87 Å². The lowest BCUT2D eigenvalue weighted by Gasteiger charge is -2.24. The molecule has 0 fully saturated rings. The quantitative estimate of drug-likeness (QED) is 0.567. The number of hydrogen-bond acceptors (Lipinski definition) is 3. The average molecular weight is 449 g/mol. The number of sulfonamides is 1. The molecule has 0 unspecified atom stereocenters. The summed E-state index contributed by atoms with van der Waals surface area (Å²) in [6.45, 7) is 1.43. The molecule has 0 spiro atoms. The number of nitrogens with zero attached hydrogens (tertiary/aromatic N) is 1. The van der Waals surface area contributed by atoms with Crippen molar-refractivity contribution in [2.24, 2.45) is 0 Å². The molecule has 0 atom stereocenters. The Morgan fingerprint density at radius 1 is 0.931 bits per heavy atom. The van der Waals surface area contributed by atoms with Crippen molar-refractivity contribution >= 4 is 50.5 Å². The number of carbonyl (C=O) groups is 1. The van der Waals surface area contributed by atoms with Gasteiger partial charge in [-0.1, -0.05) is 59.6 Å². The molecule has 29 heavy (non-hydrogen) atoms. The van der Waals surface area contributed by atoms with Gasteiger partial charge in [0.2, 0.25) is 5.91 Å². The van der Waals surface area contributed by atoms with E-state index in [4.69, 9.17) is 23.2 Å². The number of nitrogens with one attached hydrogen (secondary N) is 1. The molecule has 0 bridgehead atoms. The second-order valence-corrected chi connectivity index (χ2v) is 8.96. The molecule has 0 aliphatic rings. The van der Waals surface area contributed by atoms with Gasteiger partial charge in [-0.05, 0) is 48.9 Å². The number of anilines is 2. The van der Waals surface area contributed by atoms with Crippen LogP contribution in [0, 0.1) is 6.92 Å². The van der Waals surface area contributed by atoms with Crippen molar-refractivity contribution in [1.29, 1.82) is 0 Å². The lowest BCUT2D eigenvalue weighted by molar-refractivity contribution is -0.114. The van der Waals surface area contributed by atoms with E-state index in [0.29, 0.717) is 5.69 Å². The molecule has 0 aromatic heterocycles. The smallest absolute Gasteiger partial charge is 0.264 e. The van der Waals surface area contributed by atoms with Gasteiger partial charge in [-0.15, -0.1) is 0 Å². The van der Waals surface area contributed by atoms with Gasteiger partial charge in [0, 0.05) is 5.69 Å². The van der Waals surface area contributed by atoms with Gasteiger partial charge in [-0.25, -0.2) is 8.42 Å². The number of aryl methyl sites for hydroxylation is 1. The molecule has 1 N–H and O–H groups in total. The van der Waals surface area contributed by atoms with Crippen molar-refractivity contribution in [3.05, 3.63) is 88.4 Å². The van der Waals surface area contributed by atoms with Crippen LogP contribution in [-0.4, -0.2) is 20.9 Å². The maximum atomic E-state index is 13.3. The molecule has 0 aliphatic heterocycles. The topological polar surface area (TPSA) is 66.5 Å². The lowest BCUT2D eigenvalue weighted by Crippen LogP contribution is -2.38. The third-order valence-corrected chi connectivity index (χ3v) is 6.76. The van der Waals surface area contributed by atoms with Crippen LogP contribution in [-0.2, 0) is 14.8 Å². The summed E-state index contributed by atoms with van der Waals surface area (Å²) in [7, 11) is -4.01. The van der Waals surface area contributed by atoms with E-state index in [9.17, 15) is 13.2 Å². The first kappa shape index (κ1) is 21.2. The minimum Gasteiger partial charge on any atom is -0.324 e. The Balaban J connectivity index is 1.98. The number of benzene rings is 3. The predicted octanol–water partition coefficient (Wildman–Crippen LogP) is 5.14. The summed E-state index contributed by atoms with van der Waals surface area (Å²) in [5, 5.41) is 3.24. The SMILES string of the molecule is Cc1ccccc1NC(=O)CN(c1ccc(Cl)c(Cl)c1)S(=O)(=O)c1ccccc1. The minimum atomic E-state index is -4.01. The van der Waals surface area contributed by atoms with E-state index in [-0.39, 0.29) is 20.6 Å². The van der Waals surface area contributed by atoms with Crippen molar-refractivity contribution < 1.29 is 13.2 Å². The fraction of sp³-hybridized carbons (Fsp3) is 0.0952. The fourth-order valence-corrected chi connectivity index (χ4v) is 4.43. The van der Waals surface area contributed by atoms with Crippen molar-refractivity contribution in [2.75, 3.05) is 16.2 Å². The van der Waals surface area contributed by atoms with Crippen molar-refractivity contribution in [3.63, 3.8) is 0 Å². The molecule has 0 heterocycles. The molecule has 150 valence electrons. The Hall–Kier alpha value is -2.54. The highest BCUT2D eigenvalue weighted by molar-refractivity contribution is 7.92. The van der Waals surface area contributed by atoms with Gasteiger partial charge in [0.05, 0.1) is 20.6 Å². The Kier molecular flexibility index (Phi) is 6.47. The summed E-state index contributed by atoms with van der Waals surface area (Å²) in [4.78, 5) is 12.8. The molecule has 0 saturated carbocycles. The summed E-state index contributed by atoms with van der Waals surface area (Å²) in [5.74, 6) is -0.482. The fourth-order valence-electron chi connectivity index (χ4n) is 2.71. The first-order chi connectivity index (χ1) is 13.8. The molecule has 1 amide bonds. The monoisotopic (exact) mass is 448 g/mol. The van der Waals surface area contributed by atoms with Crippen LogP contribution in [0.4, 0.5) is 11.4 Å². The summed E-state index contributed by atoms with van der Waals surface area (Å²) >= 11 is 12.1. The third-order valence-electron chi connectivity index (χ3n) is 4.23. The minimum absolute atomic E-state index is 0.0646. The zero-order valence-electron chi connectivity index (χ0n) is 15.5. The third kappa shape index (κ3) is 4.90. The highest BCUT2D eigenvalue weighted by Gasteiger charge is 2.27. The Labute approximate surface area is 179 Å². The van der Waals surface area contributed by atoms with Gasteiger partial charge in [0.1, 0.15) is 6.54 Å². The number of carbonyl (C=O) groups excluding carboxylic acids is 1. The van der Waals surface area contributed by atoms with E-state index < -0.39 is 22.5 Å². The van der Waals surface area contributed by atoms with Crippen LogP contribution in [0.15, 0.2) is 77.7 Å². The van der Waals surface area contributed by atoms with Crippen LogP contribution in [0.25, 0.3) is 0 Å². The predicted molar refractivity (Wildman–Crippen MR) is 117 cm³/mol. The van der Waals surface area contributed by atoms with Gasteiger partial charge in [-0.3, -0.25) is 9.10 Å². The summed E-state index contributed by atoms with van der Waals surface area (Å²) in [6.07, 6.45) is 0. The Bertz CT molecular complexity index is 1140. The second kappa shape index (κ2) is 8.86. The standard InChI is InChI=1S/C21H18Cl2N2O3S/c1-15-7-5-6-10-20(15)24-21(26)14-25(16-11-12-18(22)19(23)13-16)29(27,28)17-8-3-2-4-9-17/h2-13H,14H2,1H3,(H,24,26).